The zero-order valence-electron chi connectivity index (χ0n) is 8.96. The van der Waals surface area contributed by atoms with E-state index in [-0.39, 0.29) is 5.02 Å². The Morgan fingerprint density at radius 2 is 2.06 bits per heavy atom. The maximum atomic E-state index is 12.8. The van der Waals surface area contributed by atoms with Crippen LogP contribution in [0.5, 0.6) is 0 Å². The summed E-state index contributed by atoms with van der Waals surface area (Å²) in [4.78, 5) is 10.9. The van der Waals surface area contributed by atoms with Crippen molar-refractivity contribution < 1.29 is 23.1 Å². The molecule has 1 unspecified atom stereocenters. The summed E-state index contributed by atoms with van der Waals surface area (Å²) in [5.74, 6) is -3.56. The number of carbonyl (C=O) groups is 1. The third-order valence-electron chi connectivity index (χ3n) is 2.89. The maximum absolute atomic E-state index is 12.8. The van der Waals surface area contributed by atoms with Gasteiger partial charge in [-0.15, -0.1) is 0 Å². The molecule has 0 radical (unpaired) electrons. The molecule has 0 saturated heterocycles. The molecule has 96 valence electrons. The van der Waals surface area contributed by atoms with E-state index >= 15 is 0 Å². The molecule has 1 aromatic rings. The number of rotatable bonds is 1. The molecule has 0 aromatic heterocycles. The molecule has 18 heavy (non-hydrogen) atoms. The quantitative estimate of drug-likeness (QED) is 0.852. The monoisotopic (exact) mass is 276 g/mol. The third kappa shape index (κ3) is 2.22. The van der Waals surface area contributed by atoms with E-state index in [9.17, 15) is 18.0 Å². The van der Waals surface area contributed by atoms with Gasteiger partial charge in [-0.25, -0.2) is 4.79 Å². The Bertz CT molecular complexity index is 535. The van der Waals surface area contributed by atoms with Gasteiger partial charge >= 0.3 is 12.1 Å². The summed E-state index contributed by atoms with van der Waals surface area (Å²) in [6, 6.07) is 4.62. The van der Waals surface area contributed by atoms with E-state index in [0.717, 1.165) is 6.08 Å². The number of hydrogen-bond donors (Lipinski definition) is 1. The number of benzene rings is 1. The SMILES string of the molecule is O=C(O)C1=Cc2cccc(Cl)c2CC1C(F)(F)F. The normalized spacial score (nSPS) is 19.1. The molecule has 0 amide bonds. The number of carboxylic acid groups (broad SMARTS) is 1. The van der Waals surface area contributed by atoms with Crippen LogP contribution in [-0.2, 0) is 11.2 Å². The molecule has 0 bridgehead atoms. The average Bonchev–Trinajstić information content (AvgIpc) is 2.26. The number of halogens is 4. The van der Waals surface area contributed by atoms with Gasteiger partial charge in [-0.2, -0.15) is 13.2 Å². The molecular weight excluding hydrogens is 269 g/mol. The first-order valence-corrected chi connectivity index (χ1v) is 5.47. The van der Waals surface area contributed by atoms with Crippen LogP contribution in [0.15, 0.2) is 23.8 Å². The van der Waals surface area contributed by atoms with Crippen molar-refractivity contribution in [2.75, 3.05) is 0 Å². The van der Waals surface area contributed by atoms with Crippen LogP contribution in [0.3, 0.4) is 0 Å². The minimum Gasteiger partial charge on any atom is -0.478 e. The first-order chi connectivity index (χ1) is 8.30. The second-order valence-electron chi connectivity index (χ2n) is 4.01. The van der Waals surface area contributed by atoms with Gasteiger partial charge in [-0.05, 0) is 29.7 Å². The van der Waals surface area contributed by atoms with E-state index in [0.29, 0.717) is 11.1 Å². The molecule has 0 aliphatic heterocycles. The maximum Gasteiger partial charge on any atom is 0.396 e. The Morgan fingerprint density at radius 1 is 1.39 bits per heavy atom. The Labute approximate surface area is 106 Å². The van der Waals surface area contributed by atoms with Crippen LogP contribution in [0.4, 0.5) is 13.2 Å². The molecule has 1 aliphatic rings. The van der Waals surface area contributed by atoms with Gasteiger partial charge in [0.05, 0.1) is 11.5 Å². The van der Waals surface area contributed by atoms with Gasteiger partial charge in [0.2, 0.25) is 0 Å². The van der Waals surface area contributed by atoms with Crippen LogP contribution in [0, 0.1) is 5.92 Å². The first kappa shape index (κ1) is 13.0. The van der Waals surface area contributed by atoms with Gasteiger partial charge < -0.3 is 5.11 Å². The number of carboxylic acids is 1. The second kappa shape index (κ2) is 4.31. The van der Waals surface area contributed by atoms with Crippen molar-refractivity contribution in [3.63, 3.8) is 0 Å². The fourth-order valence-electron chi connectivity index (χ4n) is 2.01. The van der Waals surface area contributed by atoms with Crippen LogP contribution in [0.25, 0.3) is 6.08 Å². The third-order valence-corrected chi connectivity index (χ3v) is 3.25. The summed E-state index contributed by atoms with van der Waals surface area (Å²) in [6.45, 7) is 0. The predicted molar refractivity (Wildman–Crippen MR) is 60.3 cm³/mol. The summed E-state index contributed by atoms with van der Waals surface area (Å²) in [5.41, 5.74) is 0.129. The van der Waals surface area contributed by atoms with Crippen LogP contribution in [0.1, 0.15) is 11.1 Å². The highest BCUT2D eigenvalue weighted by molar-refractivity contribution is 6.31. The predicted octanol–water partition coefficient (Wildman–Crippen LogP) is 3.54. The van der Waals surface area contributed by atoms with E-state index in [1.54, 1.807) is 12.1 Å². The van der Waals surface area contributed by atoms with Gasteiger partial charge in [0.25, 0.3) is 0 Å². The lowest BCUT2D eigenvalue weighted by Crippen LogP contribution is -2.32. The topological polar surface area (TPSA) is 37.3 Å². The van der Waals surface area contributed by atoms with Gasteiger partial charge in [-0.3, -0.25) is 0 Å². The van der Waals surface area contributed by atoms with E-state index in [4.69, 9.17) is 16.7 Å². The highest BCUT2D eigenvalue weighted by atomic mass is 35.5. The number of aliphatic carboxylic acids is 1. The van der Waals surface area contributed by atoms with Crippen molar-refractivity contribution >= 4 is 23.6 Å². The van der Waals surface area contributed by atoms with Crippen molar-refractivity contribution in [3.05, 3.63) is 39.9 Å². The zero-order valence-corrected chi connectivity index (χ0v) is 9.72. The van der Waals surface area contributed by atoms with Gasteiger partial charge in [0.1, 0.15) is 0 Å². The molecule has 0 spiro atoms. The molecule has 1 N–H and O–H groups in total. The molecule has 1 aliphatic carbocycles. The lowest BCUT2D eigenvalue weighted by atomic mass is 9.83. The number of alkyl halides is 3. The van der Waals surface area contributed by atoms with Gasteiger partial charge in [0, 0.05) is 5.02 Å². The molecule has 0 saturated carbocycles. The van der Waals surface area contributed by atoms with Crippen molar-refractivity contribution in [3.8, 4) is 0 Å². The van der Waals surface area contributed by atoms with Crippen molar-refractivity contribution in [1.82, 2.24) is 0 Å². The van der Waals surface area contributed by atoms with Crippen LogP contribution < -0.4 is 0 Å². The summed E-state index contributed by atoms with van der Waals surface area (Å²) in [7, 11) is 0. The summed E-state index contributed by atoms with van der Waals surface area (Å²) < 4.78 is 38.5. The Morgan fingerprint density at radius 3 is 2.61 bits per heavy atom. The van der Waals surface area contributed by atoms with E-state index in [1.807, 2.05) is 0 Å². The highest BCUT2D eigenvalue weighted by Gasteiger charge is 2.46. The van der Waals surface area contributed by atoms with Crippen molar-refractivity contribution in [2.24, 2.45) is 5.92 Å². The lowest BCUT2D eigenvalue weighted by Gasteiger charge is -2.26. The molecule has 6 heteroatoms. The standard InChI is InChI=1S/C12H8ClF3O2/c13-10-3-1-2-6-4-8(11(17)18)9(5-7(6)10)12(14,15)16/h1-4,9H,5H2,(H,17,18). The fraction of sp³-hybridized carbons (Fsp3) is 0.250. The minimum atomic E-state index is -4.60. The van der Waals surface area contributed by atoms with E-state index in [1.165, 1.54) is 6.07 Å². The van der Waals surface area contributed by atoms with Crippen molar-refractivity contribution in [2.45, 2.75) is 12.6 Å². The average molecular weight is 277 g/mol. The van der Waals surface area contributed by atoms with Gasteiger partial charge in [-0.1, -0.05) is 23.7 Å². The molecule has 1 aromatic carbocycles. The molecule has 1 atom stereocenters. The van der Waals surface area contributed by atoms with E-state index < -0.39 is 30.1 Å². The fourth-order valence-corrected chi connectivity index (χ4v) is 2.27. The summed E-state index contributed by atoms with van der Waals surface area (Å²) in [6.07, 6.45) is -3.98. The lowest BCUT2D eigenvalue weighted by molar-refractivity contribution is -0.169. The number of hydrogen-bond acceptors (Lipinski definition) is 1. The largest absolute Gasteiger partial charge is 0.478 e. The molecule has 0 heterocycles. The Balaban J connectivity index is 2.57. The van der Waals surface area contributed by atoms with E-state index in [2.05, 4.69) is 0 Å². The molecular formula is C12H8ClF3O2. The van der Waals surface area contributed by atoms with Crippen LogP contribution in [0.2, 0.25) is 5.02 Å². The molecule has 2 rings (SSSR count). The van der Waals surface area contributed by atoms with Crippen LogP contribution >= 0.6 is 11.6 Å². The summed E-state index contributed by atoms with van der Waals surface area (Å²) in [5, 5.41) is 9.09. The highest BCUT2D eigenvalue weighted by Crippen LogP contribution is 2.41. The summed E-state index contributed by atoms with van der Waals surface area (Å²) >= 11 is 5.84. The minimum absolute atomic E-state index is 0.224. The first-order valence-electron chi connectivity index (χ1n) is 5.09. The Hall–Kier alpha value is -1.49. The van der Waals surface area contributed by atoms with Crippen LogP contribution in [-0.4, -0.2) is 17.3 Å². The van der Waals surface area contributed by atoms with Crippen molar-refractivity contribution in [1.29, 1.82) is 0 Å². The molecule has 2 nitrogen and oxygen atoms in total. The smallest absolute Gasteiger partial charge is 0.396 e. The zero-order chi connectivity index (χ0) is 13.5. The Kier molecular flexibility index (Phi) is 3.11. The molecule has 0 fully saturated rings. The second-order valence-corrected chi connectivity index (χ2v) is 4.42. The number of fused-ring (bicyclic) bond motifs is 1. The van der Waals surface area contributed by atoms with Gasteiger partial charge in [0.15, 0.2) is 0 Å².